The molecule has 0 spiro atoms. The number of amides is 3. The van der Waals surface area contributed by atoms with Gasteiger partial charge < -0.3 is 42.1 Å². The lowest BCUT2D eigenvalue weighted by atomic mass is 10.1. The van der Waals surface area contributed by atoms with Crippen molar-refractivity contribution < 1.29 is 39.6 Å². The molecule has 0 heterocycles. The fraction of sp³-hybridized carbons (Fsp3) is 0.750. The fourth-order valence-corrected chi connectivity index (χ4v) is 2.57. The van der Waals surface area contributed by atoms with Crippen molar-refractivity contribution in [2.45, 2.75) is 56.6 Å². The van der Waals surface area contributed by atoms with Gasteiger partial charge in [-0.25, -0.2) is 4.79 Å². The zero-order chi connectivity index (χ0) is 22.7. The molecule has 0 saturated carbocycles. The number of aliphatic carboxylic acids is 1. The van der Waals surface area contributed by atoms with Crippen LogP contribution >= 0.6 is 11.8 Å². The van der Waals surface area contributed by atoms with E-state index in [1.54, 1.807) is 6.26 Å². The second kappa shape index (κ2) is 13.3. The Morgan fingerprint density at radius 3 is 1.86 bits per heavy atom. The predicted octanol–water partition coefficient (Wildman–Crippen LogP) is -3.64. The molecule has 0 fully saturated rings. The van der Waals surface area contributed by atoms with Gasteiger partial charge in [-0.1, -0.05) is 0 Å². The van der Waals surface area contributed by atoms with E-state index >= 15 is 0 Å². The Hall–Kier alpha value is -1.93. The van der Waals surface area contributed by atoms with E-state index in [1.807, 2.05) is 0 Å². The molecule has 13 heteroatoms. The molecule has 3 amide bonds. The van der Waals surface area contributed by atoms with Gasteiger partial charge in [0.15, 0.2) is 6.04 Å². The van der Waals surface area contributed by atoms with E-state index in [9.17, 15) is 34.5 Å². The Labute approximate surface area is 172 Å². The third-order valence-electron chi connectivity index (χ3n) is 3.93. The third kappa shape index (κ3) is 9.41. The van der Waals surface area contributed by atoms with Gasteiger partial charge >= 0.3 is 5.97 Å². The summed E-state index contributed by atoms with van der Waals surface area (Å²) in [5, 5.41) is 43.9. The number of nitrogens with one attached hydrogen (secondary N) is 3. The molecule has 0 aliphatic heterocycles. The van der Waals surface area contributed by atoms with E-state index in [-0.39, 0.29) is 6.42 Å². The van der Waals surface area contributed by atoms with Crippen LogP contribution in [0.15, 0.2) is 0 Å². The molecular weight excluding hydrogens is 408 g/mol. The van der Waals surface area contributed by atoms with Crippen LogP contribution in [0.3, 0.4) is 0 Å². The smallest absolute Gasteiger partial charge is 0.328 e. The quantitative estimate of drug-likeness (QED) is 0.141. The lowest BCUT2D eigenvalue weighted by Crippen LogP contribution is -2.59. The van der Waals surface area contributed by atoms with Crippen LogP contribution in [0.5, 0.6) is 0 Å². The molecule has 0 aliphatic carbocycles. The Balaban J connectivity index is 5.22. The van der Waals surface area contributed by atoms with Gasteiger partial charge in [0, 0.05) is 0 Å². The Morgan fingerprint density at radius 2 is 1.45 bits per heavy atom. The van der Waals surface area contributed by atoms with Gasteiger partial charge in [-0.05, 0) is 32.3 Å². The third-order valence-corrected chi connectivity index (χ3v) is 4.57. The second-order valence-corrected chi connectivity index (χ2v) is 7.40. The van der Waals surface area contributed by atoms with Crippen LogP contribution in [0, 0.1) is 0 Å². The lowest BCUT2D eigenvalue weighted by Gasteiger charge is -2.25. The molecule has 168 valence electrons. The number of aliphatic hydroxyl groups is 3. The molecule has 0 aromatic heterocycles. The van der Waals surface area contributed by atoms with E-state index in [0.717, 1.165) is 0 Å². The number of carbonyl (C=O) groups is 4. The highest BCUT2D eigenvalue weighted by molar-refractivity contribution is 7.98. The first kappa shape index (κ1) is 27.1. The summed E-state index contributed by atoms with van der Waals surface area (Å²) in [7, 11) is 0. The number of carboxylic acids is 1. The van der Waals surface area contributed by atoms with Crippen LogP contribution in [0.1, 0.15) is 20.3 Å². The lowest BCUT2D eigenvalue weighted by molar-refractivity contribution is -0.145. The monoisotopic (exact) mass is 438 g/mol. The summed E-state index contributed by atoms with van der Waals surface area (Å²) in [4.78, 5) is 47.8. The number of carbonyl (C=O) groups excluding carboxylic acids is 3. The molecule has 0 aromatic rings. The number of carboxylic acid groups (broad SMARTS) is 1. The summed E-state index contributed by atoms with van der Waals surface area (Å²) in [6, 6.07) is -5.51. The van der Waals surface area contributed by atoms with Gasteiger partial charge in [0.05, 0.1) is 18.8 Å². The molecule has 12 nitrogen and oxygen atoms in total. The summed E-state index contributed by atoms with van der Waals surface area (Å²) in [6.45, 7) is 1.67. The Morgan fingerprint density at radius 1 is 0.931 bits per heavy atom. The van der Waals surface area contributed by atoms with Crippen LogP contribution in [0.4, 0.5) is 0 Å². The summed E-state index contributed by atoms with van der Waals surface area (Å²) in [6.07, 6.45) is -0.670. The van der Waals surface area contributed by atoms with Crippen molar-refractivity contribution in [3.63, 3.8) is 0 Å². The minimum Gasteiger partial charge on any atom is -0.480 e. The van der Waals surface area contributed by atoms with Gasteiger partial charge in [0.2, 0.25) is 17.7 Å². The highest BCUT2D eigenvalue weighted by atomic mass is 32.2. The average Bonchev–Trinajstić information content (AvgIpc) is 2.65. The minimum atomic E-state index is -1.58. The fourth-order valence-electron chi connectivity index (χ4n) is 2.10. The maximum atomic E-state index is 12.4. The standard InChI is InChI=1S/C16H30N4O8S/c1-7(22)11(17)15(26)19-10(6-21)14(25)18-9(4-5-29-3)13(24)20-12(8(2)23)16(27)28/h7-12,21-23H,4-6,17H2,1-3H3,(H,18,25)(H,19,26)(H,20,24)(H,27,28). The average molecular weight is 439 g/mol. The van der Waals surface area contributed by atoms with E-state index < -0.39 is 66.7 Å². The van der Waals surface area contributed by atoms with Crippen LogP contribution < -0.4 is 21.7 Å². The number of thioether (sulfide) groups is 1. The van der Waals surface area contributed by atoms with Crippen LogP contribution in [0.25, 0.3) is 0 Å². The van der Waals surface area contributed by atoms with Gasteiger partial charge in [-0.2, -0.15) is 11.8 Å². The van der Waals surface area contributed by atoms with Gasteiger partial charge in [-0.15, -0.1) is 0 Å². The largest absolute Gasteiger partial charge is 0.480 e. The van der Waals surface area contributed by atoms with Crippen LogP contribution in [0.2, 0.25) is 0 Å². The highest BCUT2D eigenvalue weighted by Crippen LogP contribution is 2.04. The van der Waals surface area contributed by atoms with E-state index in [2.05, 4.69) is 16.0 Å². The van der Waals surface area contributed by atoms with Crippen LogP contribution in [-0.2, 0) is 19.2 Å². The molecule has 9 N–H and O–H groups in total. The number of nitrogens with two attached hydrogens (primary N) is 1. The maximum Gasteiger partial charge on any atom is 0.328 e. The predicted molar refractivity (Wildman–Crippen MR) is 105 cm³/mol. The molecular formula is C16H30N4O8S. The Bertz CT molecular complexity index is 575. The second-order valence-electron chi connectivity index (χ2n) is 6.42. The topological polar surface area (TPSA) is 211 Å². The first-order valence-corrected chi connectivity index (χ1v) is 10.2. The van der Waals surface area contributed by atoms with Crippen molar-refractivity contribution in [2.75, 3.05) is 18.6 Å². The first-order valence-electron chi connectivity index (χ1n) is 8.81. The van der Waals surface area contributed by atoms with Crippen molar-refractivity contribution >= 4 is 35.5 Å². The van der Waals surface area contributed by atoms with Gasteiger partial charge in [-0.3, -0.25) is 14.4 Å². The molecule has 0 rings (SSSR count). The summed E-state index contributed by atoms with van der Waals surface area (Å²) in [5.74, 6) is -3.63. The van der Waals surface area contributed by atoms with Crippen molar-refractivity contribution in [3.8, 4) is 0 Å². The summed E-state index contributed by atoms with van der Waals surface area (Å²) in [5.41, 5.74) is 5.47. The van der Waals surface area contributed by atoms with E-state index in [0.29, 0.717) is 5.75 Å². The van der Waals surface area contributed by atoms with Crippen molar-refractivity contribution in [2.24, 2.45) is 5.73 Å². The normalized spacial score (nSPS) is 17.2. The summed E-state index contributed by atoms with van der Waals surface area (Å²) >= 11 is 1.38. The molecule has 0 bridgehead atoms. The molecule has 0 saturated heterocycles. The minimum absolute atomic E-state index is 0.129. The SMILES string of the molecule is CSCCC(NC(=O)C(CO)NC(=O)C(N)C(C)O)C(=O)NC(C(=O)O)C(C)O. The molecule has 0 radical (unpaired) electrons. The van der Waals surface area contributed by atoms with E-state index in [1.165, 1.54) is 25.6 Å². The van der Waals surface area contributed by atoms with Crippen molar-refractivity contribution in [1.29, 1.82) is 0 Å². The number of rotatable bonds is 13. The summed E-state index contributed by atoms with van der Waals surface area (Å²) < 4.78 is 0. The highest BCUT2D eigenvalue weighted by Gasteiger charge is 2.31. The maximum absolute atomic E-state index is 12.4. The van der Waals surface area contributed by atoms with Gasteiger partial charge in [0.1, 0.15) is 18.1 Å². The Kier molecular flexibility index (Phi) is 12.4. The zero-order valence-corrected chi connectivity index (χ0v) is 17.3. The number of aliphatic hydroxyl groups excluding tert-OH is 3. The molecule has 0 aliphatic rings. The molecule has 0 aromatic carbocycles. The number of hydrogen-bond acceptors (Lipinski definition) is 9. The van der Waals surface area contributed by atoms with Crippen LogP contribution in [-0.4, -0.2) is 99.1 Å². The molecule has 6 atom stereocenters. The van der Waals surface area contributed by atoms with Crippen molar-refractivity contribution in [3.05, 3.63) is 0 Å². The number of hydrogen-bond donors (Lipinski definition) is 8. The van der Waals surface area contributed by atoms with E-state index in [4.69, 9.17) is 10.8 Å². The zero-order valence-electron chi connectivity index (χ0n) is 16.5. The van der Waals surface area contributed by atoms with Crippen molar-refractivity contribution in [1.82, 2.24) is 16.0 Å². The molecule has 29 heavy (non-hydrogen) atoms. The molecule has 6 unspecified atom stereocenters. The van der Waals surface area contributed by atoms with Gasteiger partial charge in [0.25, 0.3) is 0 Å². The first-order chi connectivity index (χ1) is 13.5.